The smallest absolute Gasteiger partial charge is 0.0731 e. The van der Waals surface area contributed by atoms with Crippen molar-refractivity contribution in [1.29, 1.82) is 0 Å². The van der Waals surface area contributed by atoms with Crippen molar-refractivity contribution in [3.63, 3.8) is 0 Å². The number of fused-ring (bicyclic) bond motifs is 5. The van der Waals surface area contributed by atoms with Crippen molar-refractivity contribution in [1.82, 2.24) is 15.0 Å². The van der Waals surface area contributed by atoms with Crippen LogP contribution in [0, 0.1) is 0 Å². The van der Waals surface area contributed by atoms with E-state index in [1.807, 2.05) is 30.6 Å². The van der Waals surface area contributed by atoms with Crippen LogP contribution in [0.15, 0.2) is 176 Å². The molecule has 3 heteroatoms. The average molecular weight is 694 g/mol. The van der Waals surface area contributed by atoms with E-state index in [0.29, 0.717) is 0 Å². The maximum atomic E-state index is 5.06. The molecule has 0 unspecified atom stereocenters. The lowest BCUT2D eigenvalue weighted by Crippen LogP contribution is -2.27. The van der Waals surface area contributed by atoms with Gasteiger partial charge < -0.3 is 0 Å². The van der Waals surface area contributed by atoms with Crippen molar-refractivity contribution < 1.29 is 0 Å². The Labute approximate surface area is 317 Å². The van der Waals surface area contributed by atoms with Gasteiger partial charge in [0.15, 0.2) is 0 Å². The van der Waals surface area contributed by atoms with E-state index in [0.717, 1.165) is 33.6 Å². The molecule has 3 nitrogen and oxygen atoms in total. The topological polar surface area (TPSA) is 38.7 Å². The number of rotatable bonds is 6. The minimum atomic E-state index is 0.175. The van der Waals surface area contributed by atoms with Gasteiger partial charge in [-0.3, -0.25) is 9.97 Å². The third-order valence-corrected chi connectivity index (χ3v) is 11.7. The fraction of sp³-hybridized carbons (Fsp3) is 0.118. The molecule has 0 aliphatic heterocycles. The predicted molar refractivity (Wildman–Crippen MR) is 222 cm³/mol. The van der Waals surface area contributed by atoms with E-state index in [-0.39, 0.29) is 5.41 Å². The molecule has 10 rings (SSSR count). The third-order valence-electron chi connectivity index (χ3n) is 11.7. The largest absolute Gasteiger partial charge is 0.264 e. The highest BCUT2D eigenvalue weighted by molar-refractivity contribution is 5.93. The maximum Gasteiger partial charge on any atom is 0.0731 e. The molecule has 1 spiro atoms. The summed E-state index contributed by atoms with van der Waals surface area (Å²) in [5.74, 6) is 0. The van der Waals surface area contributed by atoms with Crippen LogP contribution >= 0.6 is 0 Å². The summed E-state index contributed by atoms with van der Waals surface area (Å²) in [6.45, 7) is 0. The summed E-state index contributed by atoms with van der Waals surface area (Å²) in [7, 11) is 0. The van der Waals surface area contributed by atoms with Crippen LogP contribution < -0.4 is 0 Å². The van der Waals surface area contributed by atoms with Gasteiger partial charge >= 0.3 is 0 Å². The van der Waals surface area contributed by atoms with Crippen LogP contribution in [0.25, 0.3) is 78.1 Å². The maximum absolute atomic E-state index is 5.06. The Hall–Kier alpha value is -6.45. The van der Waals surface area contributed by atoms with Gasteiger partial charge in [0.25, 0.3) is 0 Å². The highest BCUT2D eigenvalue weighted by Gasteiger charge is 2.44. The van der Waals surface area contributed by atoms with Gasteiger partial charge in [0.2, 0.25) is 0 Å². The Balaban J connectivity index is 0.914. The molecule has 2 aliphatic carbocycles. The zero-order chi connectivity index (χ0) is 35.9. The first-order valence-electron chi connectivity index (χ1n) is 19.1. The molecule has 0 N–H and O–H groups in total. The summed E-state index contributed by atoms with van der Waals surface area (Å²) >= 11 is 0. The summed E-state index contributed by atoms with van der Waals surface area (Å²) in [4.78, 5) is 13.7. The monoisotopic (exact) mass is 693 g/mol. The second kappa shape index (κ2) is 13.5. The van der Waals surface area contributed by atoms with Gasteiger partial charge in [-0.15, -0.1) is 0 Å². The Morgan fingerprint density at radius 1 is 0.370 bits per heavy atom. The number of aromatic nitrogens is 3. The summed E-state index contributed by atoms with van der Waals surface area (Å²) in [5.41, 5.74) is 19.5. The SMILES string of the molecule is c1cncc(-c2cc(-c3ccc(-c4ccc(-c5ccc(-c6cccc7c6-c6ccccc6C76CCCCC6)cc5)cc4)cc3)nc(-c3cccnc3)c2)c1. The molecule has 0 radical (unpaired) electrons. The van der Waals surface area contributed by atoms with E-state index in [9.17, 15) is 0 Å². The van der Waals surface area contributed by atoms with Gasteiger partial charge in [-0.2, -0.15) is 0 Å². The second-order valence-corrected chi connectivity index (χ2v) is 14.8. The first kappa shape index (κ1) is 32.2. The van der Waals surface area contributed by atoms with Gasteiger partial charge in [-0.1, -0.05) is 141 Å². The van der Waals surface area contributed by atoms with Gasteiger partial charge in [0.1, 0.15) is 0 Å². The molecule has 0 amide bonds. The number of pyridine rings is 3. The fourth-order valence-corrected chi connectivity index (χ4v) is 9.01. The molecule has 1 saturated carbocycles. The molecule has 3 heterocycles. The first-order chi connectivity index (χ1) is 26.7. The average Bonchev–Trinajstić information content (AvgIpc) is 3.53. The van der Waals surface area contributed by atoms with Crippen LogP contribution in [-0.2, 0) is 5.41 Å². The molecule has 258 valence electrons. The van der Waals surface area contributed by atoms with Crippen molar-refractivity contribution in [3.05, 3.63) is 188 Å². The molecule has 1 fully saturated rings. The van der Waals surface area contributed by atoms with Crippen molar-refractivity contribution in [2.45, 2.75) is 37.5 Å². The quantitative estimate of drug-likeness (QED) is 0.174. The van der Waals surface area contributed by atoms with Crippen LogP contribution in [0.3, 0.4) is 0 Å². The second-order valence-electron chi connectivity index (χ2n) is 14.8. The lowest BCUT2D eigenvalue weighted by atomic mass is 9.68. The van der Waals surface area contributed by atoms with Crippen LogP contribution in [0.5, 0.6) is 0 Å². The number of hydrogen-bond donors (Lipinski definition) is 0. The van der Waals surface area contributed by atoms with E-state index in [2.05, 4.69) is 143 Å². The molecule has 54 heavy (non-hydrogen) atoms. The molecule has 0 atom stereocenters. The minimum Gasteiger partial charge on any atom is -0.264 e. The lowest BCUT2D eigenvalue weighted by Gasteiger charge is -2.36. The molecular weight excluding hydrogens is 655 g/mol. The van der Waals surface area contributed by atoms with Gasteiger partial charge in [0, 0.05) is 46.9 Å². The summed E-state index contributed by atoms with van der Waals surface area (Å²) in [6, 6.07) is 55.3. The molecule has 8 aromatic rings. The van der Waals surface area contributed by atoms with E-state index >= 15 is 0 Å². The van der Waals surface area contributed by atoms with Crippen LogP contribution in [0.2, 0.25) is 0 Å². The van der Waals surface area contributed by atoms with Gasteiger partial charge in [-0.25, -0.2) is 4.98 Å². The highest BCUT2D eigenvalue weighted by Crippen LogP contribution is 2.57. The van der Waals surface area contributed by atoms with Crippen molar-refractivity contribution in [2.75, 3.05) is 0 Å². The fourth-order valence-electron chi connectivity index (χ4n) is 9.01. The number of hydrogen-bond acceptors (Lipinski definition) is 3. The normalized spacial score (nSPS) is 14.1. The molecule has 2 aliphatic rings. The molecule has 5 aromatic carbocycles. The highest BCUT2D eigenvalue weighted by atomic mass is 14.7. The molecule has 0 saturated heterocycles. The summed E-state index contributed by atoms with van der Waals surface area (Å²) in [5, 5.41) is 0. The standard InChI is InChI=1S/C51H39N3/c1-4-27-51(28-5-1)46-13-3-2-11-45(46)50-44(12-6-14-47(50)51)39-23-19-37(20-24-39)35-15-17-36(18-16-35)38-21-25-40(26-22-38)48-31-43(41-9-7-29-52-33-41)32-49(54-48)42-10-8-30-53-34-42/h2-3,6-26,29-34H,1,4-5,27-28H2. The third kappa shape index (κ3) is 5.64. The van der Waals surface area contributed by atoms with Crippen molar-refractivity contribution >= 4 is 0 Å². The van der Waals surface area contributed by atoms with E-state index in [1.165, 1.54) is 82.2 Å². The zero-order valence-corrected chi connectivity index (χ0v) is 30.1. The Kier molecular flexibility index (Phi) is 8.06. The Morgan fingerprint density at radius 2 is 0.889 bits per heavy atom. The minimum absolute atomic E-state index is 0.175. The van der Waals surface area contributed by atoms with Gasteiger partial charge in [0.05, 0.1) is 11.4 Å². The number of benzene rings is 5. The van der Waals surface area contributed by atoms with Crippen molar-refractivity contribution in [2.24, 2.45) is 0 Å². The summed E-state index contributed by atoms with van der Waals surface area (Å²) in [6.07, 6.45) is 13.8. The van der Waals surface area contributed by atoms with Crippen molar-refractivity contribution in [3.8, 4) is 78.1 Å². The zero-order valence-electron chi connectivity index (χ0n) is 30.1. The van der Waals surface area contributed by atoms with Gasteiger partial charge in [-0.05, 0) is 104 Å². The molecular formula is C51H39N3. The van der Waals surface area contributed by atoms with Crippen LogP contribution in [0.1, 0.15) is 43.2 Å². The summed E-state index contributed by atoms with van der Waals surface area (Å²) < 4.78 is 0. The van der Waals surface area contributed by atoms with E-state index < -0.39 is 0 Å². The first-order valence-corrected chi connectivity index (χ1v) is 19.1. The van der Waals surface area contributed by atoms with Crippen LogP contribution in [-0.4, -0.2) is 15.0 Å². The molecule has 0 bridgehead atoms. The predicted octanol–water partition coefficient (Wildman–Crippen LogP) is 13.1. The van der Waals surface area contributed by atoms with E-state index in [4.69, 9.17) is 4.98 Å². The Bertz CT molecular complexity index is 2530. The molecule has 3 aromatic heterocycles. The number of nitrogens with zero attached hydrogens (tertiary/aromatic N) is 3. The van der Waals surface area contributed by atoms with E-state index in [1.54, 1.807) is 18.0 Å². The lowest BCUT2D eigenvalue weighted by molar-refractivity contribution is 0.353. The van der Waals surface area contributed by atoms with Crippen LogP contribution in [0.4, 0.5) is 0 Å². The Morgan fingerprint density at radius 3 is 1.50 bits per heavy atom.